The highest BCUT2D eigenvalue weighted by atomic mass is 32.2. The molecule has 1 nitrogen and oxygen atoms in total. The van der Waals surface area contributed by atoms with E-state index in [1.807, 2.05) is 0 Å². The van der Waals surface area contributed by atoms with Crippen LogP contribution in [0.15, 0.2) is 29.2 Å². The van der Waals surface area contributed by atoms with Gasteiger partial charge in [-0.05, 0) is 30.4 Å². The van der Waals surface area contributed by atoms with Crippen LogP contribution in [0.25, 0.3) is 0 Å². The van der Waals surface area contributed by atoms with Gasteiger partial charge in [-0.3, -0.25) is 0 Å². The number of alkyl halides is 3. The first-order chi connectivity index (χ1) is 6.53. The Morgan fingerprint density at radius 2 is 1.93 bits per heavy atom. The highest BCUT2D eigenvalue weighted by Gasteiger charge is 2.29. The van der Waals surface area contributed by atoms with Crippen LogP contribution in [0.2, 0.25) is 0 Å². The van der Waals surface area contributed by atoms with Crippen molar-refractivity contribution in [3.63, 3.8) is 0 Å². The van der Waals surface area contributed by atoms with Crippen molar-refractivity contribution < 1.29 is 13.2 Å². The van der Waals surface area contributed by atoms with Crippen molar-refractivity contribution in [1.29, 1.82) is 0 Å². The second-order valence-corrected chi connectivity index (χ2v) is 3.79. The first kappa shape index (κ1) is 11.4. The number of thioether (sulfide) groups is 1. The summed E-state index contributed by atoms with van der Waals surface area (Å²) in [6.45, 7) is 0.444. The average Bonchev–Trinajstić information content (AvgIpc) is 2.06. The Labute approximate surface area is 84.7 Å². The van der Waals surface area contributed by atoms with E-state index in [1.54, 1.807) is 25.2 Å². The maximum absolute atomic E-state index is 12.1. The molecular weight excluding hydrogens is 211 g/mol. The van der Waals surface area contributed by atoms with Crippen molar-refractivity contribution in [3.8, 4) is 0 Å². The molecule has 0 heterocycles. The molecule has 1 rings (SSSR count). The minimum absolute atomic E-state index is 0.0727. The average molecular weight is 221 g/mol. The van der Waals surface area contributed by atoms with Gasteiger partial charge in [-0.15, -0.1) is 0 Å². The number of nitrogens with one attached hydrogen (secondary N) is 1. The van der Waals surface area contributed by atoms with Crippen LogP contribution >= 0.6 is 11.8 Å². The molecule has 0 aliphatic carbocycles. The summed E-state index contributed by atoms with van der Waals surface area (Å²) in [4.78, 5) is 0.259. The summed E-state index contributed by atoms with van der Waals surface area (Å²) in [5.41, 5.74) is -3.55. The molecular formula is C9H10F3NS. The van der Waals surface area contributed by atoms with Crippen LogP contribution in [-0.4, -0.2) is 12.6 Å². The number of rotatable bonds is 3. The van der Waals surface area contributed by atoms with Crippen molar-refractivity contribution in [1.82, 2.24) is 5.32 Å². The van der Waals surface area contributed by atoms with Crippen LogP contribution in [-0.2, 0) is 6.54 Å². The Hall–Kier alpha value is -0.680. The zero-order chi connectivity index (χ0) is 10.6. The molecule has 0 aromatic heterocycles. The van der Waals surface area contributed by atoms with E-state index in [0.29, 0.717) is 12.1 Å². The molecule has 1 aromatic rings. The third-order valence-electron chi connectivity index (χ3n) is 1.57. The minimum atomic E-state index is -4.22. The quantitative estimate of drug-likeness (QED) is 0.787. The predicted molar refractivity (Wildman–Crippen MR) is 51.1 cm³/mol. The third-order valence-corrected chi connectivity index (χ3v) is 2.42. The Balaban J connectivity index is 2.84. The summed E-state index contributed by atoms with van der Waals surface area (Å²) in [6.07, 6.45) is 0. The maximum atomic E-state index is 12.1. The van der Waals surface area contributed by atoms with Crippen LogP contribution in [0.3, 0.4) is 0 Å². The van der Waals surface area contributed by atoms with Gasteiger partial charge in [0, 0.05) is 11.4 Å². The van der Waals surface area contributed by atoms with Crippen molar-refractivity contribution in [2.24, 2.45) is 0 Å². The highest BCUT2D eigenvalue weighted by molar-refractivity contribution is 8.00. The van der Waals surface area contributed by atoms with E-state index >= 15 is 0 Å². The molecule has 0 atom stereocenters. The lowest BCUT2D eigenvalue weighted by molar-refractivity contribution is -0.0328. The fourth-order valence-electron chi connectivity index (χ4n) is 1.06. The van der Waals surface area contributed by atoms with Gasteiger partial charge in [-0.25, -0.2) is 0 Å². The SMILES string of the molecule is CNCc1ccccc1SC(F)(F)F. The molecule has 0 unspecified atom stereocenters. The van der Waals surface area contributed by atoms with E-state index in [1.165, 1.54) is 6.07 Å². The molecule has 0 spiro atoms. The lowest BCUT2D eigenvalue weighted by Gasteiger charge is -2.10. The van der Waals surface area contributed by atoms with Gasteiger partial charge in [0.05, 0.1) is 0 Å². The fourth-order valence-corrected chi connectivity index (χ4v) is 1.73. The largest absolute Gasteiger partial charge is 0.446 e. The Morgan fingerprint density at radius 1 is 1.29 bits per heavy atom. The second kappa shape index (κ2) is 4.70. The predicted octanol–water partition coefficient (Wildman–Crippen LogP) is 3.02. The Morgan fingerprint density at radius 3 is 2.50 bits per heavy atom. The summed E-state index contributed by atoms with van der Waals surface area (Å²) in [6, 6.07) is 6.50. The Kier molecular flexibility index (Phi) is 3.83. The first-order valence-electron chi connectivity index (χ1n) is 4.01. The standard InChI is InChI=1S/C9H10F3NS/c1-13-6-7-4-2-3-5-8(7)14-9(10,11)12/h2-5,13H,6H2,1H3. The van der Waals surface area contributed by atoms with E-state index in [-0.39, 0.29) is 16.7 Å². The fraction of sp³-hybridized carbons (Fsp3) is 0.333. The molecule has 0 saturated carbocycles. The normalized spacial score (nSPS) is 11.7. The van der Waals surface area contributed by atoms with Gasteiger partial charge in [-0.2, -0.15) is 13.2 Å². The first-order valence-corrected chi connectivity index (χ1v) is 4.83. The lowest BCUT2D eigenvalue weighted by atomic mass is 10.2. The molecule has 78 valence electrons. The molecule has 0 amide bonds. The number of benzene rings is 1. The van der Waals surface area contributed by atoms with Crippen molar-refractivity contribution in [3.05, 3.63) is 29.8 Å². The van der Waals surface area contributed by atoms with Crippen LogP contribution in [0.4, 0.5) is 13.2 Å². The maximum Gasteiger partial charge on any atom is 0.446 e. The van der Waals surface area contributed by atoms with Crippen LogP contribution in [0, 0.1) is 0 Å². The van der Waals surface area contributed by atoms with E-state index in [2.05, 4.69) is 5.32 Å². The molecule has 0 saturated heterocycles. The highest BCUT2D eigenvalue weighted by Crippen LogP contribution is 2.38. The molecule has 0 fully saturated rings. The Bertz CT molecular complexity index is 298. The molecule has 0 radical (unpaired) electrons. The van der Waals surface area contributed by atoms with Crippen molar-refractivity contribution >= 4 is 11.8 Å². The molecule has 14 heavy (non-hydrogen) atoms. The van der Waals surface area contributed by atoms with Crippen LogP contribution in [0.1, 0.15) is 5.56 Å². The molecule has 0 bridgehead atoms. The van der Waals surface area contributed by atoms with Gasteiger partial charge < -0.3 is 5.32 Å². The summed E-state index contributed by atoms with van der Waals surface area (Å²) < 4.78 is 36.3. The van der Waals surface area contributed by atoms with Gasteiger partial charge in [-0.1, -0.05) is 18.2 Å². The summed E-state index contributed by atoms with van der Waals surface area (Å²) >= 11 is -0.0727. The van der Waals surface area contributed by atoms with Gasteiger partial charge in [0.2, 0.25) is 0 Å². The monoisotopic (exact) mass is 221 g/mol. The van der Waals surface area contributed by atoms with Crippen LogP contribution < -0.4 is 5.32 Å². The molecule has 0 aliphatic rings. The number of hydrogen-bond acceptors (Lipinski definition) is 2. The van der Waals surface area contributed by atoms with E-state index in [9.17, 15) is 13.2 Å². The molecule has 1 aromatic carbocycles. The number of hydrogen-bond donors (Lipinski definition) is 1. The summed E-state index contributed by atoms with van der Waals surface area (Å²) in [5.74, 6) is 0. The van der Waals surface area contributed by atoms with E-state index in [0.717, 1.165) is 0 Å². The van der Waals surface area contributed by atoms with Gasteiger partial charge in [0.25, 0.3) is 0 Å². The summed E-state index contributed by atoms with van der Waals surface area (Å²) in [7, 11) is 1.70. The van der Waals surface area contributed by atoms with Crippen molar-refractivity contribution in [2.75, 3.05) is 7.05 Å². The van der Waals surface area contributed by atoms with Crippen LogP contribution in [0.5, 0.6) is 0 Å². The lowest BCUT2D eigenvalue weighted by Crippen LogP contribution is -2.08. The van der Waals surface area contributed by atoms with Gasteiger partial charge in [0.15, 0.2) is 0 Å². The van der Waals surface area contributed by atoms with E-state index in [4.69, 9.17) is 0 Å². The molecule has 5 heteroatoms. The minimum Gasteiger partial charge on any atom is -0.316 e. The van der Waals surface area contributed by atoms with E-state index < -0.39 is 5.51 Å². The van der Waals surface area contributed by atoms with Gasteiger partial charge in [0.1, 0.15) is 0 Å². The smallest absolute Gasteiger partial charge is 0.316 e. The zero-order valence-corrected chi connectivity index (χ0v) is 8.38. The van der Waals surface area contributed by atoms with Crippen molar-refractivity contribution in [2.45, 2.75) is 16.9 Å². The zero-order valence-electron chi connectivity index (χ0n) is 7.56. The van der Waals surface area contributed by atoms with Gasteiger partial charge >= 0.3 is 5.51 Å². The summed E-state index contributed by atoms with van der Waals surface area (Å²) in [5, 5.41) is 2.83. The molecule has 1 N–H and O–H groups in total. The third kappa shape index (κ3) is 3.59. The number of halogens is 3. The molecule has 0 aliphatic heterocycles. The second-order valence-electron chi connectivity index (χ2n) is 2.69. The topological polar surface area (TPSA) is 12.0 Å².